The zero-order valence-corrected chi connectivity index (χ0v) is 7.24. The quantitative estimate of drug-likeness (QED) is 0.641. The average molecular weight is 185 g/mol. The maximum atomic E-state index is 12.8. The molecule has 0 saturated carbocycles. The van der Waals surface area contributed by atoms with Crippen molar-refractivity contribution in [3.63, 3.8) is 0 Å². The van der Waals surface area contributed by atoms with Crippen molar-refractivity contribution in [2.75, 3.05) is 0 Å². The zero-order valence-electron chi connectivity index (χ0n) is 7.24. The van der Waals surface area contributed by atoms with Crippen LogP contribution in [0.2, 0.25) is 0 Å². The number of phenols is 1. The minimum Gasteiger partial charge on any atom is -0.505 e. The summed E-state index contributed by atoms with van der Waals surface area (Å²) in [6.45, 7) is 1.48. The lowest BCUT2D eigenvalue weighted by Crippen LogP contribution is -2.23. The number of phenolic OH excluding ortho intramolecular Hbond substituents is 1. The molecule has 13 heavy (non-hydrogen) atoms. The third-order valence-electron chi connectivity index (χ3n) is 1.90. The molecule has 0 saturated heterocycles. The van der Waals surface area contributed by atoms with Crippen molar-refractivity contribution in [1.82, 2.24) is 0 Å². The Hall–Kier alpha value is -1.13. The van der Waals surface area contributed by atoms with Crippen molar-refractivity contribution in [1.29, 1.82) is 0 Å². The Balaban J connectivity index is 3.07. The van der Waals surface area contributed by atoms with E-state index in [0.29, 0.717) is 0 Å². The van der Waals surface area contributed by atoms with Gasteiger partial charge in [-0.2, -0.15) is 0 Å². The van der Waals surface area contributed by atoms with Gasteiger partial charge in [-0.05, 0) is 13.0 Å². The molecule has 72 valence electrons. The van der Waals surface area contributed by atoms with E-state index in [4.69, 9.17) is 10.8 Å². The Kier molecular flexibility index (Phi) is 2.85. The van der Waals surface area contributed by atoms with Gasteiger partial charge in [-0.1, -0.05) is 12.1 Å². The molecule has 0 heterocycles. The van der Waals surface area contributed by atoms with E-state index in [-0.39, 0.29) is 5.56 Å². The molecular formula is C9H12FNO2. The molecule has 0 aliphatic carbocycles. The average Bonchev–Trinajstić information content (AvgIpc) is 2.08. The van der Waals surface area contributed by atoms with Crippen LogP contribution in [0.3, 0.4) is 0 Å². The van der Waals surface area contributed by atoms with Gasteiger partial charge in [0.1, 0.15) is 0 Å². The van der Waals surface area contributed by atoms with Crippen LogP contribution < -0.4 is 5.73 Å². The summed E-state index contributed by atoms with van der Waals surface area (Å²) < 4.78 is 12.8. The highest BCUT2D eigenvalue weighted by Gasteiger charge is 2.17. The largest absolute Gasteiger partial charge is 0.505 e. The van der Waals surface area contributed by atoms with Gasteiger partial charge in [-0.15, -0.1) is 0 Å². The highest BCUT2D eigenvalue weighted by atomic mass is 19.1. The van der Waals surface area contributed by atoms with Crippen LogP contribution >= 0.6 is 0 Å². The number of aromatic hydroxyl groups is 1. The van der Waals surface area contributed by atoms with Crippen molar-refractivity contribution < 1.29 is 14.6 Å². The maximum absolute atomic E-state index is 12.8. The van der Waals surface area contributed by atoms with Gasteiger partial charge in [-0.3, -0.25) is 0 Å². The van der Waals surface area contributed by atoms with Crippen LogP contribution in [0.15, 0.2) is 18.2 Å². The summed E-state index contributed by atoms with van der Waals surface area (Å²) in [4.78, 5) is 0. The molecule has 0 spiro atoms. The minimum atomic E-state index is -0.826. The maximum Gasteiger partial charge on any atom is 0.165 e. The smallest absolute Gasteiger partial charge is 0.165 e. The lowest BCUT2D eigenvalue weighted by atomic mass is 10.0. The fourth-order valence-corrected chi connectivity index (χ4v) is 1.06. The highest BCUT2D eigenvalue weighted by molar-refractivity contribution is 5.36. The molecule has 0 bridgehead atoms. The zero-order chi connectivity index (χ0) is 10.0. The van der Waals surface area contributed by atoms with Gasteiger partial charge < -0.3 is 15.9 Å². The molecule has 0 aliphatic rings. The Morgan fingerprint density at radius 3 is 2.62 bits per heavy atom. The highest BCUT2D eigenvalue weighted by Crippen LogP contribution is 2.26. The van der Waals surface area contributed by atoms with Crippen LogP contribution in [-0.2, 0) is 0 Å². The summed E-state index contributed by atoms with van der Waals surface area (Å²) in [6.07, 6.45) is -0.826. The van der Waals surface area contributed by atoms with Crippen molar-refractivity contribution in [2.45, 2.75) is 19.1 Å². The Bertz CT molecular complexity index is 302. The molecule has 3 nitrogen and oxygen atoms in total. The Morgan fingerprint density at radius 2 is 2.08 bits per heavy atom. The Labute approximate surface area is 75.6 Å². The predicted molar refractivity (Wildman–Crippen MR) is 46.7 cm³/mol. The first-order valence-corrected chi connectivity index (χ1v) is 3.95. The molecule has 1 rings (SSSR count). The summed E-state index contributed by atoms with van der Waals surface area (Å²) >= 11 is 0. The first-order valence-electron chi connectivity index (χ1n) is 3.95. The predicted octanol–water partition coefficient (Wildman–Crippen LogP) is 0.912. The molecule has 4 N–H and O–H groups in total. The summed E-state index contributed by atoms with van der Waals surface area (Å²) in [5.74, 6) is -1.22. The number of halogens is 1. The van der Waals surface area contributed by atoms with E-state index in [0.717, 1.165) is 6.07 Å². The first-order chi connectivity index (χ1) is 6.04. The molecule has 0 amide bonds. The van der Waals surface area contributed by atoms with Gasteiger partial charge in [0, 0.05) is 5.56 Å². The fraction of sp³-hybridized carbons (Fsp3) is 0.333. The Morgan fingerprint density at radius 1 is 1.46 bits per heavy atom. The van der Waals surface area contributed by atoms with Crippen molar-refractivity contribution >= 4 is 0 Å². The van der Waals surface area contributed by atoms with E-state index < -0.39 is 23.7 Å². The second kappa shape index (κ2) is 3.72. The molecule has 0 radical (unpaired) electrons. The number of para-hydroxylation sites is 1. The van der Waals surface area contributed by atoms with Gasteiger partial charge in [-0.25, -0.2) is 4.39 Å². The second-order valence-electron chi connectivity index (χ2n) is 2.94. The number of benzene rings is 1. The molecule has 1 aromatic carbocycles. The van der Waals surface area contributed by atoms with Gasteiger partial charge in [0.25, 0.3) is 0 Å². The third kappa shape index (κ3) is 1.96. The van der Waals surface area contributed by atoms with E-state index >= 15 is 0 Å². The molecular weight excluding hydrogens is 173 g/mol. The molecule has 0 aliphatic heterocycles. The normalized spacial score (nSPS) is 15.4. The fourth-order valence-electron chi connectivity index (χ4n) is 1.06. The number of hydrogen-bond acceptors (Lipinski definition) is 3. The second-order valence-corrected chi connectivity index (χ2v) is 2.94. The van der Waals surface area contributed by atoms with Crippen molar-refractivity contribution in [2.24, 2.45) is 5.73 Å². The van der Waals surface area contributed by atoms with Gasteiger partial charge in [0.2, 0.25) is 0 Å². The molecule has 0 unspecified atom stereocenters. The molecule has 0 aromatic heterocycles. The van der Waals surface area contributed by atoms with Gasteiger partial charge in [0.15, 0.2) is 11.6 Å². The van der Waals surface area contributed by atoms with E-state index in [2.05, 4.69) is 0 Å². The van der Waals surface area contributed by atoms with E-state index in [1.165, 1.54) is 19.1 Å². The molecule has 0 fully saturated rings. The van der Waals surface area contributed by atoms with Crippen LogP contribution in [0.5, 0.6) is 5.75 Å². The van der Waals surface area contributed by atoms with Crippen molar-refractivity contribution in [3.05, 3.63) is 29.6 Å². The standard InChI is InChI=1S/C9H12FNO2/c1-5(12)8(11)6-3-2-4-7(10)9(6)13/h2-5,8,12-13H,11H2,1H3/t5-,8-/m0/s1. The SMILES string of the molecule is C[C@H](O)[C@H](N)c1cccc(F)c1O. The molecule has 4 heteroatoms. The lowest BCUT2D eigenvalue weighted by molar-refractivity contribution is 0.162. The van der Waals surface area contributed by atoms with Crippen molar-refractivity contribution in [3.8, 4) is 5.75 Å². The van der Waals surface area contributed by atoms with Crippen LogP contribution in [0.4, 0.5) is 4.39 Å². The summed E-state index contributed by atoms with van der Waals surface area (Å²) in [6, 6.07) is 3.28. The topological polar surface area (TPSA) is 66.5 Å². The van der Waals surface area contributed by atoms with Gasteiger partial charge in [0.05, 0.1) is 12.1 Å². The minimum absolute atomic E-state index is 0.218. The van der Waals surface area contributed by atoms with Crippen LogP contribution in [0.25, 0.3) is 0 Å². The molecule has 1 aromatic rings. The number of hydrogen-bond donors (Lipinski definition) is 3. The van der Waals surface area contributed by atoms with Crippen LogP contribution in [0, 0.1) is 5.82 Å². The first kappa shape index (κ1) is 9.95. The van der Waals surface area contributed by atoms with Crippen LogP contribution in [-0.4, -0.2) is 16.3 Å². The van der Waals surface area contributed by atoms with Crippen LogP contribution in [0.1, 0.15) is 18.5 Å². The van der Waals surface area contributed by atoms with E-state index in [1.54, 1.807) is 0 Å². The number of nitrogens with two attached hydrogens (primary N) is 1. The summed E-state index contributed by atoms with van der Waals surface area (Å²) in [7, 11) is 0. The monoisotopic (exact) mass is 185 g/mol. The number of aliphatic hydroxyl groups is 1. The number of rotatable bonds is 2. The molecule has 2 atom stereocenters. The van der Waals surface area contributed by atoms with E-state index in [1.807, 2.05) is 0 Å². The lowest BCUT2D eigenvalue weighted by Gasteiger charge is -2.16. The third-order valence-corrected chi connectivity index (χ3v) is 1.90. The number of aliphatic hydroxyl groups excluding tert-OH is 1. The van der Waals surface area contributed by atoms with E-state index in [9.17, 15) is 9.50 Å². The summed E-state index contributed by atoms with van der Waals surface area (Å²) in [5, 5.41) is 18.4. The summed E-state index contributed by atoms with van der Waals surface area (Å²) in [5.41, 5.74) is 5.75. The van der Waals surface area contributed by atoms with Gasteiger partial charge >= 0.3 is 0 Å².